The maximum Gasteiger partial charge on any atom is 0.334 e. The van der Waals surface area contributed by atoms with E-state index in [0.29, 0.717) is 19.6 Å². The minimum Gasteiger partial charge on any atom is -0.479 e. The summed E-state index contributed by atoms with van der Waals surface area (Å²) in [5.74, 6) is 1.71. The number of hydrogen-bond donors (Lipinski definition) is 1. The highest BCUT2D eigenvalue weighted by atomic mass is 16.5. The highest BCUT2D eigenvalue weighted by Crippen LogP contribution is 2.61. The fraction of sp³-hybridized carbons (Fsp3) is 0.882. The molecule has 122 valence electrons. The second kappa shape index (κ2) is 5.22. The van der Waals surface area contributed by atoms with E-state index in [2.05, 4.69) is 0 Å². The summed E-state index contributed by atoms with van der Waals surface area (Å²) in [6, 6.07) is 0. The summed E-state index contributed by atoms with van der Waals surface area (Å²) in [6.07, 6.45) is 7.58. The Balaban J connectivity index is 1.42. The van der Waals surface area contributed by atoms with E-state index in [1.807, 2.05) is 0 Å². The molecular weight excluding hydrogens is 282 g/mol. The highest BCUT2D eigenvalue weighted by molar-refractivity contribution is 5.79. The average molecular weight is 307 g/mol. The first-order valence-corrected chi connectivity index (χ1v) is 8.65. The van der Waals surface area contributed by atoms with Gasteiger partial charge >= 0.3 is 5.97 Å². The van der Waals surface area contributed by atoms with Crippen molar-refractivity contribution >= 4 is 11.9 Å². The lowest BCUT2D eigenvalue weighted by Crippen LogP contribution is -2.52. The van der Waals surface area contributed by atoms with Crippen molar-refractivity contribution < 1.29 is 19.4 Å². The molecular formula is C17H25NO4. The molecule has 5 aliphatic rings. The Hall–Kier alpha value is -1.10. The van der Waals surface area contributed by atoms with Crippen molar-refractivity contribution in [3.05, 3.63) is 0 Å². The van der Waals surface area contributed by atoms with Crippen LogP contribution in [-0.2, 0) is 14.3 Å². The first-order valence-electron chi connectivity index (χ1n) is 8.65. The van der Waals surface area contributed by atoms with Gasteiger partial charge in [0.1, 0.15) is 0 Å². The lowest BCUT2D eigenvalue weighted by Gasteiger charge is -2.57. The van der Waals surface area contributed by atoms with E-state index in [4.69, 9.17) is 9.84 Å². The third-order valence-corrected chi connectivity index (χ3v) is 6.39. The summed E-state index contributed by atoms with van der Waals surface area (Å²) in [5, 5.41) is 9.08. The molecule has 0 aromatic carbocycles. The molecule has 5 rings (SSSR count). The zero-order valence-electron chi connectivity index (χ0n) is 13.0. The van der Waals surface area contributed by atoms with Crippen molar-refractivity contribution in [2.75, 3.05) is 19.7 Å². The van der Waals surface area contributed by atoms with Crippen molar-refractivity contribution in [2.45, 2.75) is 51.0 Å². The smallest absolute Gasteiger partial charge is 0.334 e. The van der Waals surface area contributed by atoms with Crippen molar-refractivity contribution in [1.82, 2.24) is 4.90 Å². The molecule has 0 spiro atoms. The number of aliphatic carboxylic acids is 1. The largest absolute Gasteiger partial charge is 0.479 e. The van der Waals surface area contributed by atoms with Crippen LogP contribution < -0.4 is 0 Å². The molecule has 4 saturated carbocycles. The van der Waals surface area contributed by atoms with Gasteiger partial charge in [-0.05, 0) is 61.7 Å². The van der Waals surface area contributed by atoms with Crippen LogP contribution in [0.4, 0.5) is 0 Å². The maximum atomic E-state index is 12.7. The van der Waals surface area contributed by atoms with Gasteiger partial charge < -0.3 is 14.7 Å². The molecule has 5 fully saturated rings. The van der Waals surface area contributed by atoms with Crippen LogP contribution in [0.1, 0.15) is 44.9 Å². The van der Waals surface area contributed by atoms with E-state index in [1.54, 1.807) is 4.90 Å². The normalized spacial score (nSPS) is 43.4. The molecule has 4 aliphatic carbocycles. The number of amides is 1. The van der Waals surface area contributed by atoms with Crippen LogP contribution in [0.2, 0.25) is 0 Å². The van der Waals surface area contributed by atoms with Gasteiger partial charge in [0.15, 0.2) is 6.10 Å². The van der Waals surface area contributed by atoms with Gasteiger partial charge in [0.05, 0.1) is 13.2 Å². The molecule has 4 bridgehead atoms. The molecule has 22 heavy (non-hydrogen) atoms. The van der Waals surface area contributed by atoms with E-state index in [0.717, 1.165) is 17.8 Å². The molecule has 1 saturated heterocycles. The van der Waals surface area contributed by atoms with Gasteiger partial charge in [-0.3, -0.25) is 4.79 Å². The maximum absolute atomic E-state index is 12.7. The molecule has 1 N–H and O–H groups in total. The fourth-order valence-electron chi connectivity index (χ4n) is 5.96. The lowest BCUT2D eigenvalue weighted by molar-refractivity contribution is -0.161. The monoisotopic (exact) mass is 307 g/mol. The van der Waals surface area contributed by atoms with Crippen LogP contribution in [0.25, 0.3) is 0 Å². The van der Waals surface area contributed by atoms with Gasteiger partial charge in [-0.25, -0.2) is 4.79 Å². The topological polar surface area (TPSA) is 66.8 Å². The van der Waals surface area contributed by atoms with Crippen LogP contribution in [0.3, 0.4) is 0 Å². The molecule has 0 aromatic heterocycles. The number of nitrogens with zero attached hydrogens (tertiary/aromatic N) is 1. The number of carbonyl (C=O) groups is 2. The minimum atomic E-state index is -0.965. The number of carboxylic acid groups (broad SMARTS) is 1. The summed E-state index contributed by atoms with van der Waals surface area (Å²) < 4.78 is 5.22. The number of hydrogen-bond acceptors (Lipinski definition) is 3. The third kappa shape index (κ3) is 2.53. The van der Waals surface area contributed by atoms with E-state index >= 15 is 0 Å². The number of carbonyl (C=O) groups excluding carboxylic acids is 1. The summed E-state index contributed by atoms with van der Waals surface area (Å²) in [6.45, 7) is 1.08. The van der Waals surface area contributed by atoms with E-state index in [9.17, 15) is 9.59 Å². The summed E-state index contributed by atoms with van der Waals surface area (Å²) >= 11 is 0. The van der Waals surface area contributed by atoms with Crippen LogP contribution in [0, 0.1) is 23.2 Å². The molecule has 1 aliphatic heterocycles. The second-order valence-electron chi connectivity index (χ2n) is 8.13. The molecule has 1 atom stereocenters. The predicted molar refractivity (Wildman–Crippen MR) is 79.2 cm³/mol. The Bertz CT molecular complexity index is 454. The summed E-state index contributed by atoms with van der Waals surface area (Å²) in [4.78, 5) is 25.5. The van der Waals surface area contributed by atoms with Crippen LogP contribution >= 0.6 is 0 Å². The standard InChI is InChI=1S/C17H25NO4/c19-15(18-1-2-22-14(10-18)16(20)21)9-17-6-11-3-12(7-17)5-13(4-11)8-17/h11-14H,1-10H2,(H,20,21). The molecule has 0 radical (unpaired) electrons. The Morgan fingerprint density at radius 2 is 1.68 bits per heavy atom. The molecule has 0 aromatic rings. The number of morpholine rings is 1. The van der Waals surface area contributed by atoms with Crippen molar-refractivity contribution in [3.63, 3.8) is 0 Å². The van der Waals surface area contributed by atoms with E-state index < -0.39 is 12.1 Å². The van der Waals surface area contributed by atoms with Crippen LogP contribution in [-0.4, -0.2) is 47.7 Å². The van der Waals surface area contributed by atoms with E-state index in [1.165, 1.54) is 38.5 Å². The lowest BCUT2D eigenvalue weighted by atomic mass is 9.49. The Kier molecular flexibility index (Phi) is 3.44. The Labute approximate surface area is 131 Å². The van der Waals surface area contributed by atoms with Crippen molar-refractivity contribution in [2.24, 2.45) is 23.2 Å². The second-order valence-corrected chi connectivity index (χ2v) is 8.13. The van der Waals surface area contributed by atoms with Crippen LogP contribution in [0.15, 0.2) is 0 Å². The first kappa shape index (κ1) is 14.5. The van der Waals surface area contributed by atoms with Crippen molar-refractivity contribution in [3.8, 4) is 0 Å². The van der Waals surface area contributed by atoms with E-state index in [-0.39, 0.29) is 17.9 Å². The highest BCUT2D eigenvalue weighted by Gasteiger charge is 2.51. The van der Waals surface area contributed by atoms with Gasteiger partial charge in [-0.15, -0.1) is 0 Å². The average Bonchev–Trinajstić information content (AvgIpc) is 2.45. The molecule has 5 nitrogen and oxygen atoms in total. The minimum absolute atomic E-state index is 0.150. The predicted octanol–water partition coefficient (Wildman–Crippen LogP) is 1.90. The molecule has 1 unspecified atom stereocenters. The van der Waals surface area contributed by atoms with Crippen LogP contribution in [0.5, 0.6) is 0 Å². The SMILES string of the molecule is O=C(O)C1CN(C(=O)CC23CC4CC(CC(C4)C2)C3)CCO1. The van der Waals surface area contributed by atoms with Gasteiger partial charge in [0.2, 0.25) is 5.91 Å². The quantitative estimate of drug-likeness (QED) is 0.865. The Morgan fingerprint density at radius 1 is 1.09 bits per heavy atom. The zero-order valence-corrected chi connectivity index (χ0v) is 13.0. The first-order chi connectivity index (χ1) is 10.5. The zero-order chi connectivity index (χ0) is 15.3. The molecule has 1 amide bonds. The third-order valence-electron chi connectivity index (χ3n) is 6.39. The van der Waals surface area contributed by atoms with Gasteiger partial charge in [-0.1, -0.05) is 0 Å². The summed E-state index contributed by atoms with van der Waals surface area (Å²) in [7, 11) is 0. The molecule has 5 heteroatoms. The molecule has 1 heterocycles. The number of carboxylic acids is 1. The summed E-state index contributed by atoms with van der Waals surface area (Å²) in [5.41, 5.74) is 0.225. The fourth-order valence-corrected chi connectivity index (χ4v) is 5.96. The van der Waals surface area contributed by atoms with Gasteiger partial charge in [0.25, 0.3) is 0 Å². The van der Waals surface area contributed by atoms with Gasteiger partial charge in [0, 0.05) is 13.0 Å². The van der Waals surface area contributed by atoms with Gasteiger partial charge in [-0.2, -0.15) is 0 Å². The van der Waals surface area contributed by atoms with Crippen molar-refractivity contribution in [1.29, 1.82) is 0 Å². The number of ether oxygens (including phenoxy) is 1. The Morgan fingerprint density at radius 3 is 2.23 bits per heavy atom. The number of rotatable bonds is 3.